The average Bonchev–Trinajstić information content (AvgIpc) is 2.34. The quantitative estimate of drug-likeness (QED) is 0.562. The molecule has 0 aromatic heterocycles. The lowest BCUT2D eigenvalue weighted by Gasteiger charge is -2.14. The molecule has 16 heavy (non-hydrogen) atoms. The molecule has 0 aliphatic carbocycles. The first kappa shape index (κ1) is 13.6. The van der Waals surface area contributed by atoms with Crippen LogP contribution in [0.15, 0.2) is 29.2 Å². The van der Waals surface area contributed by atoms with Gasteiger partial charge in [-0.05, 0) is 30.2 Å². The fourth-order valence-corrected chi connectivity index (χ4v) is 2.80. The molecule has 0 saturated heterocycles. The maximum atomic E-state index is 6.11. The summed E-state index contributed by atoms with van der Waals surface area (Å²) in [5, 5.41) is 0. The highest BCUT2D eigenvalue weighted by Gasteiger charge is 2.08. The minimum atomic E-state index is 0.190. The van der Waals surface area contributed by atoms with Crippen molar-refractivity contribution in [3.63, 3.8) is 0 Å². The molecule has 1 aromatic rings. The van der Waals surface area contributed by atoms with E-state index in [0.29, 0.717) is 0 Å². The Hall–Kier alpha value is -0.470. The zero-order valence-corrected chi connectivity index (χ0v) is 11.2. The number of benzene rings is 1. The van der Waals surface area contributed by atoms with Crippen LogP contribution >= 0.6 is 11.8 Å². The highest BCUT2D eigenvalue weighted by Crippen LogP contribution is 2.28. The summed E-state index contributed by atoms with van der Waals surface area (Å²) < 4.78 is 0. The van der Waals surface area contributed by atoms with Crippen LogP contribution in [0.4, 0.5) is 0 Å². The first-order valence-electron chi connectivity index (χ1n) is 6.26. The molecule has 1 aromatic carbocycles. The van der Waals surface area contributed by atoms with Crippen molar-refractivity contribution < 1.29 is 0 Å². The van der Waals surface area contributed by atoms with Gasteiger partial charge in [0.1, 0.15) is 0 Å². The van der Waals surface area contributed by atoms with Gasteiger partial charge in [-0.1, -0.05) is 44.9 Å². The predicted molar refractivity (Wildman–Crippen MR) is 73.9 cm³/mol. The topological polar surface area (TPSA) is 26.0 Å². The second kappa shape index (κ2) is 7.75. The van der Waals surface area contributed by atoms with Crippen LogP contribution in [0.1, 0.15) is 51.1 Å². The molecule has 0 unspecified atom stereocenters. The number of hydrogen-bond acceptors (Lipinski definition) is 2. The van der Waals surface area contributed by atoms with Gasteiger partial charge in [0.25, 0.3) is 0 Å². The molecule has 0 aliphatic heterocycles. The summed E-state index contributed by atoms with van der Waals surface area (Å²) in [6, 6.07) is 8.74. The van der Waals surface area contributed by atoms with Crippen LogP contribution in [-0.4, -0.2) is 5.75 Å². The zero-order chi connectivity index (χ0) is 11.8. The molecule has 1 rings (SSSR count). The van der Waals surface area contributed by atoms with Crippen molar-refractivity contribution in [2.75, 3.05) is 5.75 Å². The third-order valence-electron chi connectivity index (χ3n) is 2.76. The number of hydrogen-bond donors (Lipinski definition) is 1. The molecule has 90 valence electrons. The first-order chi connectivity index (χ1) is 7.79. The molecule has 0 aliphatic rings. The number of unbranched alkanes of at least 4 members (excludes halogenated alkanes) is 2. The van der Waals surface area contributed by atoms with Gasteiger partial charge in [-0.25, -0.2) is 0 Å². The van der Waals surface area contributed by atoms with Gasteiger partial charge >= 0.3 is 0 Å². The van der Waals surface area contributed by atoms with Crippen molar-refractivity contribution in [2.24, 2.45) is 5.73 Å². The second-order valence-corrected chi connectivity index (χ2v) is 5.24. The Kier molecular flexibility index (Phi) is 6.58. The minimum absolute atomic E-state index is 0.190. The van der Waals surface area contributed by atoms with Gasteiger partial charge in [0.15, 0.2) is 0 Å². The summed E-state index contributed by atoms with van der Waals surface area (Å²) in [6.07, 6.45) is 4.93. The van der Waals surface area contributed by atoms with Crippen molar-refractivity contribution in [1.29, 1.82) is 0 Å². The molecule has 0 spiro atoms. The third kappa shape index (κ3) is 4.18. The molecular formula is C14H23NS. The van der Waals surface area contributed by atoms with E-state index in [4.69, 9.17) is 5.73 Å². The van der Waals surface area contributed by atoms with E-state index in [2.05, 4.69) is 38.1 Å². The maximum absolute atomic E-state index is 6.11. The summed E-state index contributed by atoms with van der Waals surface area (Å²) in [5.74, 6) is 1.21. The molecular weight excluding hydrogens is 214 g/mol. The van der Waals surface area contributed by atoms with Crippen molar-refractivity contribution >= 4 is 11.8 Å². The lowest BCUT2D eigenvalue weighted by molar-refractivity contribution is 0.685. The Morgan fingerprint density at radius 3 is 2.62 bits per heavy atom. The van der Waals surface area contributed by atoms with Gasteiger partial charge in [-0.3, -0.25) is 0 Å². The molecule has 2 heteroatoms. The van der Waals surface area contributed by atoms with Crippen LogP contribution in [0.5, 0.6) is 0 Å². The molecule has 0 saturated carbocycles. The summed E-state index contributed by atoms with van der Waals surface area (Å²) >= 11 is 1.95. The lowest BCUT2D eigenvalue weighted by Crippen LogP contribution is -2.09. The van der Waals surface area contributed by atoms with Crippen LogP contribution in [-0.2, 0) is 0 Å². The standard InChI is InChI=1S/C14H23NS/c1-3-5-8-11-16-14-10-7-6-9-12(14)13(15)4-2/h6-7,9-10,13H,3-5,8,11,15H2,1-2H3/t13-/m1/s1. The van der Waals surface area contributed by atoms with E-state index in [1.807, 2.05) is 11.8 Å². The summed E-state index contributed by atoms with van der Waals surface area (Å²) in [7, 11) is 0. The molecule has 0 bridgehead atoms. The van der Waals surface area contributed by atoms with Crippen LogP contribution in [0.25, 0.3) is 0 Å². The van der Waals surface area contributed by atoms with Gasteiger partial charge in [0, 0.05) is 10.9 Å². The van der Waals surface area contributed by atoms with Crippen molar-refractivity contribution in [3.8, 4) is 0 Å². The first-order valence-corrected chi connectivity index (χ1v) is 7.25. The van der Waals surface area contributed by atoms with Crippen molar-refractivity contribution in [3.05, 3.63) is 29.8 Å². The average molecular weight is 237 g/mol. The van der Waals surface area contributed by atoms with E-state index in [-0.39, 0.29) is 6.04 Å². The minimum Gasteiger partial charge on any atom is -0.324 e. The monoisotopic (exact) mass is 237 g/mol. The molecule has 0 heterocycles. The van der Waals surface area contributed by atoms with E-state index in [0.717, 1.165) is 6.42 Å². The Morgan fingerprint density at radius 2 is 1.94 bits per heavy atom. The highest BCUT2D eigenvalue weighted by atomic mass is 32.2. The van der Waals surface area contributed by atoms with E-state index < -0.39 is 0 Å². The van der Waals surface area contributed by atoms with Gasteiger partial charge in [0.05, 0.1) is 0 Å². The fraction of sp³-hybridized carbons (Fsp3) is 0.571. The Balaban J connectivity index is 2.57. The van der Waals surface area contributed by atoms with Crippen LogP contribution in [0, 0.1) is 0 Å². The molecule has 0 fully saturated rings. The van der Waals surface area contributed by atoms with Crippen LogP contribution < -0.4 is 5.73 Å². The van der Waals surface area contributed by atoms with Crippen molar-refractivity contribution in [2.45, 2.75) is 50.5 Å². The Labute approximate surface area is 104 Å². The third-order valence-corrected chi connectivity index (χ3v) is 3.94. The molecule has 1 nitrogen and oxygen atoms in total. The zero-order valence-electron chi connectivity index (χ0n) is 10.4. The molecule has 0 radical (unpaired) electrons. The Bertz CT molecular complexity index is 299. The van der Waals surface area contributed by atoms with E-state index in [9.17, 15) is 0 Å². The van der Waals surface area contributed by atoms with E-state index in [1.54, 1.807) is 0 Å². The summed E-state index contributed by atoms with van der Waals surface area (Å²) in [6.45, 7) is 4.38. The summed E-state index contributed by atoms with van der Waals surface area (Å²) in [5.41, 5.74) is 7.42. The largest absolute Gasteiger partial charge is 0.324 e. The Morgan fingerprint density at radius 1 is 1.19 bits per heavy atom. The molecule has 2 N–H and O–H groups in total. The summed E-state index contributed by atoms with van der Waals surface area (Å²) in [4.78, 5) is 1.37. The van der Waals surface area contributed by atoms with Gasteiger partial charge in [0.2, 0.25) is 0 Å². The van der Waals surface area contributed by atoms with E-state index in [1.165, 1.54) is 35.5 Å². The smallest absolute Gasteiger partial charge is 0.0303 e. The maximum Gasteiger partial charge on any atom is 0.0303 e. The van der Waals surface area contributed by atoms with E-state index >= 15 is 0 Å². The normalized spacial score (nSPS) is 12.7. The SMILES string of the molecule is CCCCCSc1ccccc1[C@H](N)CC. The van der Waals surface area contributed by atoms with Gasteiger partial charge in [-0.15, -0.1) is 11.8 Å². The van der Waals surface area contributed by atoms with Crippen LogP contribution in [0.3, 0.4) is 0 Å². The van der Waals surface area contributed by atoms with Gasteiger partial charge < -0.3 is 5.73 Å². The van der Waals surface area contributed by atoms with Gasteiger partial charge in [-0.2, -0.15) is 0 Å². The molecule has 0 amide bonds. The van der Waals surface area contributed by atoms with Crippen molar-refractivity contribution in [1.82, 2.24) is 0 Å². The molecule has 1 atom stereocenters. The number of thioether (sulfide) groups is 1. The van der Waals surface area contributed by atoms with Crippen LogP contribution in [0.2, 0.25) is 0 Å². The number of rotatable bonds is 7. The predicted octanol–water partition coefficient (Wildman–Crippen LogP) is 4.38. The fourth-order valence-electron chi connectivity index (χ4n) is 1.67. The highest BCUT2D eigenvalue weighted by molar-refractivity contribution is 7.99. The second-order valence-electron chi connectivity index (χ2n) is 4.11. The lowest BCUT2D eigenvalue weighted by atomic mass is 10.1. The number of nitrogens with two attached hydrogens (primary N) is 1.